The Hall–Kier alpha value is -1.41. The van der Waals surface area contributed by atoms with Crippen molar-refractivity contribution in [3.8, 4) is 0 Å². The minimum Gasteiger partial charge on any atom is -0.350 e. The molecule has 0 aliphatic carbocycles. The molecule has 1 heterocycles. The summed E-state index contributed by atoms with van der Waals surface area (Å²) in [5.41, 5.74) is 0.458. The van der Waals surface area contributed by atoms with E-state index >= 15 is 0 Å². The molecule has 2 N–H and O–H groups in total. The molecule has 0 aliphatic heterocycles. The largest absolute Gasteiger partial charge is 0.350 e. The maximum absolute atomic E-state index is 12.4. The fraction of sp³-hybridized carbons (Fsp3) is 0.667. The molecule has 0 bridgehead atoms. The van der Waals surface area contributed by atoms with Gasteiger partial charge in [-0.1, -0.05) is 0 Å². The Morgan fingerprint density at radius 3 is 2.30 bits per heavy atom. The second-order valence-electron chi connectivity index (χ2n) is 5.82. The third-order valence-corrected chi connectivity index (χ3v) is 4.68. The van der Waals surface area contributed by atoms with E-state index < -0.39 is 15.6 Å². The number of likely N-dealkylation sites (N-methyl/N-ethyl adjacent to an activating group) is 1. The zero-order chi connectivity index (χ0) is 15.7. The Morgan fingerprint density at radius 2 is 1.90 bits per heavy atom. The van der Waals surface area contributed by atoms with Crippen LogP contribution >= 0.6 is 0 Å². The van der Waals surface area contributed by atoms with Gasteiger partial charge in [0.05, 0.1) is 17.9 Å². The van der Waals surface area contributed by atoms with Crippen molar-refractivity contribution in [2.24, 2.45) is 0 Å². The van der Waals surface area contributed by atoms with E-state index in [9.17, 15) is 13.2 Å². The predicted molar refractivity (Wildman–Crippen MR) is 75.8 cm³/mol. The van der Waals surface area contributed by atoms with E-state index in [1.807, 2.05) is 20.8 Å². The zero-order valence-electron chi connectivity index (χ0n) is 12.7. The van der Waals surface area contributed by atoms with E-state index in [0.29, 0.717) is 11.4 Å². The Morgan fingerprint density at radius 1 is 1.35 bits per heavy atom. The molecule has 0 atom stereocenters. The second-order valence-corrected chi connectivity index (χ2v) is 7.80. The van der Waals surface area contributed by atoms with Crippen LogP contribution in [0.15, 0.2) is 4.90 Å². The standard InChI is InChI=1S/C12H22N4O3S/c1-8-11(9(2)15-14-8)20(18,19)16(6)7-10(17)13-12(3,4)5/h7H2,1-6H3,(H,13,17)(H,14,15). The first-order chi connectivity index (χ1) is 8.95. The number of sulfonamides is 1. The average Bonchev–Trinajstić information content (AvgIpc) is 2.55. The molecule has 8 heteroatoms. The molecule has 0 saturated carbocycles. The Bertz CT molecular complexity index is 579. The van der Waals surface area contributed by atoms with Crippen LogP contribution in [0.2, 0.25) is 0 Å². The third-order valence-electron chi connectivity index (χ3n) is 2.61. The van der Waals surface area contributed by atoms with Gasteiger partial charge in [0.2, 0.25) is 15.9 Å². The minimum atomic E-state index is -3.73. The zero-order valence-corrected chi connectivity index (χ0v) is 13.6. The first-order valence-electron chi connectivity index (χ1n) is 6.24. The summed E-state index contributed by atoms with van der Waals surface area (Å²) in [5.74, 6) is -0.345. The summed E-state index contributed by atoms with van der Waals surface area (Å²) in [6.45, 7) is 8.52. The predicted octanol–water partition coefficient (Wildman–Crippen LogP) is 0.562. The molecular formula is C12H22N4O3S. The van der Waals surface area contributed by atoms with Gasteiger partial charge in [0.15, 0.2) is 0 Å². The summed E-state index contributed by atoms with van der Waals surface area (Å²) in [6.07, 6.45) is 0. The molecule has 0 aliphatic rings. The normalized spacial score (nSPS) is 12.8. The highest BCUT2D eigenvalue weighted by molar-refractivity contribution is 7.89. The molecule has 0 radical (unpaired) electrons. The van der Waals surface area contributed by atoms with Gasteiger partial charge in [-0.3, -0.25) is 9.89 Å². The molecule has 114 valence electrons. The lowest BCUT2D eigenvalue weighted by molar-refractivity contribution is -0.122. The smallest absolute Gasteiger partial charge is 0.246 e. The van der Waals surface area contributed by atoms with Crippen molar-refractivity contribution < 1.29 is 13.2 Å². The van der Waals surface area contributed by atoms with Crippen LogP contribution in [0.5, 0.6) is 0 Å². The van der Waals surface area contributed by atoms with Crippen molar-refractivity contribution in [1.82, 2.24) is 19.8 Å². The molecule has 1 aromatic rings. The molecule has 7 nitrogen and oxygen atoms in total. The van der Waals surface area contributed by atoms with Gasteiger partial charge in [0.25, 0.3) is 0 Å². The van der Waals surface area contributed by atoms with Gasteiger partial charge < -0.3 is 5.32 Å². The highest BCUT2D eigenvalue weighted by Gasteiger charge is 2.29. The Labute approximate surface area is 119 Å². The van der Waals surface area contributed by atoms with Gasteiger partial charge in [-0.15, -0.1) is 0 Å². The molecule has 1 amide bonds. The van der Waals surface area contributed by atoms with Crippen LogP contribution in [0, 0.1) is 13.8 Å². The van der Waals surface area contributed by atoms with Crippen LogP contribution in [0.3, 0.4) is 0 Å². The summed E-state index contributed by atoms with van der Waals surface area (Å²) in [4.78, 5) is 11.9. The lowest BCUT2D eigenvalue weighted by Crippen LogP contribution is -2.46. The number of aromatic amines is 1. The number of H-pyrrole nitrogens is 1. The fourth-order valence-corrected chi connectivity index (χ4v) is 3.27. The van der Waals surface area contributed by atoms with Gasteiger partial charge >= 0.3 is 0 Å². The molecule has 0 saturated heterocycles. The summed E-state index contributed by atoms with van der Waals surface area (Å²) in [5, 5.41) is 9.23. The lowest BCUT2D eigenvalue weighted by atomic mass is 10.1. The van der Waals surface area contributed by atoms with Crippen molar-refractivity contribution >= 4 is 15.9 Å². The first kappa shape index (κ1) is 16.6. The van der Waals surface area contributed by atoms with Crippen LogP contribution in [0.1, 0.15) is 32.2 Å². The van der Waals surface area contributed by atoms with Crippen molar-refractivity contribution in [2.75, 3.05) is 13.6 Å². The van der Waals surface area contributed by atoms with E-state index in [-0.39, 0.29) is 17.3 Å². The number of hydrogen-bond donors (Lipinski definition) is 2. The molecule has 1 rings (SSSR count). The number of nitrogens with zero attached hydrogens (tertiary/aromatic N) is 2. The molecule has 0 unspecified atom stereocenters. The third kappa shape index (κ3) is 3.80. The van der Waals surface area contributed by atoms with Gasteiger partial charge in [0.1, 0.15) is 4.90 Å². The number of hydrogen-bond acceptors (Lipinski definition) is 4. The monoisotopic (exact) mass is 302 g/mol. The van der Waals surface area contributed by atoms with Crippen LogP contribution in [-0.2, 0) is 14.8 Å². The minimum absolute atomic E-state index is 0.128. The number of amides is 1. The second kappa shape index (κ2) is 5.53. The van der Waals surface area contributed by atoms with Crippen molar-refractivity contribution in [2.45, 2.75) is 45.1 Å². The molecule has 0 spiro atoms. The van der Waals surface area contributed by atoms with E-state index in [0.717, 1.165) is 4.31 Å². The number of carbonyl (C=O) groups excluding carboxylic acids is 1. The summed E-state index contributed by atoms with van der Waals surface area (Å²) < 4.78 is 25.9. The fourth-order valence-electron chi connectivity index (χ4n) is 1.82. The number of aromatic nitrogens is 2. The van der Waals surface area contributed by atoms with Crippen LogP contribution in [-0.4, -0.2) is 48.0 Å². The number of rotatable bonds is 4. The maximum atomic E-state index is 12.4. The van der Waals surface area contributed by atoms with Gasteiger partial charge in [0, 0.05) is 12.6 Å². The average molecular weight is 302 g/mol. The van der Waals surface area contributed by atoms with Crippen molar-refractivity contribution in [1.29, 1.82) is 0 Å². The number of carbonyl (C=O) groups is 1. The van der Waals surface area contributed by atoms with Crippen molar-refractivity contribution in [3.05, 3.63) is 11.4 Å². The number of aryl methyl sites for hydroxylation is 2. The topological polar surface area (TPSA) is 95.2 Å². The Balaban J connectivity index is 2.92. The quantitative estimate of drug-likeness (QED) is 0.849. The summed E-state index contributed by atoms with van der Waals surface area (Å²) in [6, 6.07) is 0. The van der Waals surface area contributed by atoms with Crippen LogP contribution in [0.25, 0.3) is 0 Å². The van der Waals surface area contributed by atoms with Gasteiger partial charge in [-0.05, 0) is 34.6 Å². The maximum Gasteiger partial charge on any atom is 0.246 e. The molecule has 0 aromatic carbocycles. The highest BCUT2D eigenvalue weighted by atomic mass is 32.2. The molecular weight excluding hydrogens is 280 g/mol. The Kier molecular flexibility index (Phi) is 4.60. The van der Waals surface area contributed by atoms with E-state index in [4.69, 9.17) is 0 Å². The highest BCUT2D eigenvalue weighted by Crippen LogP contribution is 2.20. The summed E-state index contributed by atoms with van der Waals surface area (Å²) in [7, 11) is -2.35. The van der Waals surface area contributed by atoms with Crippen LogP contribution < -0.4 is 5.32 Å². The SMILES string of the molecule is Cc1n[nH]c(C)c1S(=O)(=O)N(C)CC(=O)NC(C)(C)C. The number of nitrogens with one attached hydrogen (secondary N) is 2. The van der Waals surface area contributed by atoms with E-state index in [2.05, 4.69) is 15.5 Å². The van der Waals surface area contributed by atoms with Crippen molar-refractivity contribution in [3.63, 3.8) is 0 Å². The molecule has 1 aromatic heterocycles. The van der Waals surface area contributed by atoms with Crippen LogP contribution in [0.4, 0.5) is 0 Å². The first-order valence-corrected chi connectivity index (χ1v) is 7.68. The molecule has 20 heavy (non-hydrogen) atoms. The molecule has 0 fully saturated rings. The van der Waals surface area contributed by atoms with E-state index in [1.165, 1.54) is 7.05 Å². The van der Waals surface area contributed by atoms with Gasteiger partial charge in [-0.25, -0.2) is 8.42 Å². The van der Waals surface area contributed by atoms with E-state index in [1.54, 1.807) is 13.8 Å². The lowest BCUT2D eigenvalue weighted by Gasteiger charge is -2.23. The van der Waals surface area contributed by atoms with Gasteiger partial charge in [-0.2, -0.15) is 9.40 Å². The summed E-state index contributed by atoms with van der Waals surface area (Å²) >= 11 is 0.